The lowest BCUT2D eigenvalue weighted by molar-refractivity contribution is 0.387. The number of imidazole rings is 1. The van der Waals surface area contributed by atoms with E-state index in [1.165, 1.54) is 7.11 Å². The van der Waals surface area contributed by atoms with Gasteiger partial charge in [0.25, 0.3) is 0 Å². The van der Waals surface area contributed by atoms with Crippen LogP contribution in [0.5, 0.6) is 5.75 Å². The fourth-order valence-corrected chi connectivity index (χ4v) is 3.00. The molecule has 0 amide bonds. The fraction of sp³-hybridized carbons (Fsp3) is 0.0526. The average Bonchev–Trinajstić information content (AvgIpc) is 3.05. The van der Waals surface area contributed by atoms with E-state index in [2.05, 4.69) is 9.97 Å². The maximum atomic E-state index is 14.6. The van der Waals surface area contributed by atoms with Gasteiger partial charge >= 0.3 is 0 Å². The number of rotatable bonds is 3. The van der Waals surface area contributed by atoms with E-state index in [-0.39, 0.29) is 5.75 Å². The number of hydrogen-bond acceptors (Lipinski definition) is 3. The lowest BCUT2D eigenvalue weighted by Crippen LogP contribution is -1.96. The molecule has 0 N–H and O–H groups in total. The predicted molar refractivity (Wildman–Crippen MR) is 95.4 cm³/mol. The summed E-state index contributed by atoms with van der Waals surface area (Å²) in [6.07, 6.45) is 5.08. The summed E-state index contributed by atoms with van der Waals surface area (Å²) in [5.74, 6) is -0.271. The van der Waals surface area contributed by atoms with Crippen molar-refractivity contribution >= 4 is 17.2 Å². The third-order valence-corrected chi connectivity index (χ3v) is 4.33. The second kappa shape index (κ2) is 6.18. The van der Waals surface area contributed by atoms with Gasteiger partial charge in [-0.15, -0.1) is 0 Å². The van der Waals surface area contributed by atoms with E-state index in [0.29, 0.717) is 21.9 Å². The van der Waals surface area contributed by atoms with Crippen molar-refractivity contribution < 1.29 is 9.13 Å². The lowest BCUT2D eigenvalue weighted by atomic mass is 10.1. The van der Waals surface area contributed by atoms with Crippen molar-refractivity contribution in [3.8, 4) is 28.3 Å². The molecule has 0 fully saturated rings. The summed E-state index contributed by atoms with van der Waals surface area (Å²) in [4.78, 5) is 8.68. The minimum Gasteiger partial charge on any atom is -0.494 e. The van der Waals surface area contributed by atoms with E-state index in [1.54, 1.807) is 36.8 Å². The van der Waals surface area contributed by atoms with E-state index >= 15 is 0 Å². The van der Waals surface area contributed by atoms with Crippen LogP contribution >= 0.6 is 11.6 Å². The van der Waals surface area contributed by atoms with E-state index in [4.69, 9.17) is 16.3 Å². The summed E-state index contributed by atoms with van der Waals surface area (Å²) in [5, 5.41) is 0.621. The van der Waals surface area contributed by atoms with E-state index in [1.807, 2.05) is 28.7 Å². The first kappa shape index (κ1) is 15.6. The zero-order valence-electron chi connectivity index (χ0n) is 13.3. The van der Waals surface area contributed by atoms with Crippen molar-refractivity contribution in [2.45, 2.75) is 0 Å². The highest BCUT2D eigenvalue weighted by Crippen LogP contribution is 2.31. The first-order chi connectivity index (χ1) is 12.2. The first-order valence-corrected chi connectivity index (χ1v) is 7.97. The van der Waals surface area contributed by atoms with Gasteiger partial charge in [-0.2, -0.15) is 0 Å². The summed E-state index contributed by atoms with van der Waals surface area (Å²) in [5.41, 5.74) is 3.16. The molecule has 2 aromatic carbocycles. The number of fused-ring (bicyclic) bond motifs is 1. The highest BCUT2D eigenvalue weighted by molar-refractivity contribution is 6.33. The lowest BCUT2D eigenvalue weighted by Gasteiger charge is -2.09. The standard InChI is InChI=1S/C19H13ClFN3O/c1-25-17-8-4-6-13(19(17)21)15-11-24-16(9-23-18(24)10-22-15)12-5-2-3-7-14(12)20/h2-11H,1H3. The Morgan fingerprint density at radius 3 is 2.60 bits per heavy atom. The van der Waals surface area contributed by atoms with Crippen molar-refractivity contribution in [1.29, 1.82) is 0 Å². The maximum absolute atomic E-state index is 14.6. The SMILES string of the molecule is COc1cccc(-c2cn3c(-c4ccccc4Cl)cnc3cn2)c1F. The molecular weight excluding hydrogens is 341 g/mol. The number of nitrogens with zero attached hydrogens (tertiary/aromatic N) is 3. The number of methoxy groups -OCH3 is 1. The highest BCUT2D eigenvalue weighted by atomic mass is 35.5. The van der Waals surface area contributed by atoms with Crippen LogP contribution in [-0.4, -0.2) is 21.5 Å². The fourth-order valence-electron chi connectivity index (χ4n) is 2.76. The normalized spacial score (nSPS) is 11.0. The highest BCUT2D eigenvalue weighted by Gasteiger charge is 2.14. The summed E-state index contributed by atoms with van der Waals surface area (Å²) < 4.78 is 21.5. The molecule has 0 spiro atoms. The Morgan fingerprint density at radius 2 is 1.80 bits per heavy atom. The van der Waals surface area contributed by atoms with Crippen molar-refractivity contribution in [3.63, 3.8) is 0 Å². The first-order valence-electron chi connectivity index (χ1n) is 7.60. The molecule has 2 aromatic heterocycles. The van der Waals surface area contributed by atoms with Gasteiger partial charge in [-0.3, -0.25) is 9.38 Å². The third kappa shape index (κ3) is 2.62. The zero-order valence-corrected chi connectivity index (χ0v) is 14.0. The van der Waals surface area contributed by atoms with Crippen molar-refractivity contribution in [2.75, 3.05) is 7.11 Å². The average molecular weight is 354 g/mol. The molecule has 4 nitrogen and oxygen atoms in total. The van der Waals surface area contributed by atoms with E-state index in [0.717, 1.165) is 11.3 Å². The van der Waals surface area contributed by atoms with Gasteiger partial charge in [-0.05, 0) is 18.2 Å². The van der Waals surface area contributed by atoms with Gasteiger partial charge in [0.15, 0.2) is 17.2 Å². The summed E-state index contributed by atoms with van der Waals surface area (Å²) in [7, 11) is 1.43. The Hall–Kier alpha value is -2.92. The van der Waals surface area contributed by atoms with Crippen LogP contribution in [-0.2, 0) is 0 Å². The topological polar surface area (TPSA) is 39.4 Å². The molecule has 25 heavy (non-hydrogen) atoms. The summed E-state index contributed by atoms with van der Waals surface area (Å²) in [6.45, 7) is 0. The van der Waals surface area contributed by atoms with Crippen molar-refractivity contribution in [3.05, 3.63) is 71.9 Å². The smallest absolute Gasteiger partial charge is 0.174 e. The molecule has 0 bridgehead atoms. The molecule has 0 saturated carbocycles. The molecule has 0 atom stereocenters. The number of hydrogen-bond donors (Lipinski definition) is 0. The molecule has 6 heteroatoms. The van der Waals surface area contributed by atoms with E-state index in [9.17, 15) is 4.39 Å². The largest absolute Gasteiger partial charge is 0.494 e. The number of ether oxygens (including phenoxy) is 1. The van der Waals surface area contributed by atoms with Crippen LogP contribution in [0.1, 0.15) is 0 Å². The molecule has 0 unspecified atom stereocenters. The number of halogens is 2. The number of benzene rings is 2. The molecule has 0 aliphatic carbocycles. The van der Waals surface area contributed by atoms with Gasteiger partial charge in [0.1, 0.15) is 0 Å². The minimum atomic E-state index is -0.448. The second-order valence-electron chi connectivity index (χ2n) is 5.45. The van der Waals surface area contributed by atoms with Gasteiger partial charge in [-0.25, -0.2) is 9.37 Å². The Balaban J connectivity index is 1.92. The van der Waals surface area contributed by atoms with Crippen LogP contribution in [0.2, 0.25) is 5.02 Å². The van der Waals surface area contributed by atoms with Crippen molar-refractivity contribution in [1.82, 2.24) is 14.4 Å². The molecule has 0 aliphatic rings. The Bertz CT molecular complexity index is 1080. The maximum Gasteiger partial charge on any atom is 0.174 e. The monoisotopic (exact) mass is 353 g/mol. The van der Waals surface area contributed by atoms with Crippen LogP contribution < -0.4 is 4.74 Å². The second-order valence-corrected chi connectivity index (χ2v) is 5.85. The Kier molecular flexibility index (Phi) is 3.86. The van der Waals surface area contributed by atoms with Gasteiger partial charge < -0.3 is 4.74 Å². The molecule has 4 rings (SSSR count). The number of aromatic nitrogens is 3. The molecule has 0 aliphatic heterocycles. The quantitative estimate of drug-likeness (QED) is 0.527. The molecule has 2 heterocycles. The van der Waals surface area contributed by atoms with Crippen LogP contribution in [0.4, 0.5) is 4.39 Å². The Labute approximate surface area is 148 Å². The zero-order chi connectivity index (χ0) is 17.4. The summed E-state index contributed by atoms with van der Waals surface area (Å²) in [6, 6.07) is 12.5. The molecule has 0 radical (unpaired) electrons. The predicted octanol–water partition coefficient (Wildman–Crippen LogP) is 4.86. The van der Waals surface area contributed by atoms with Gasteiger partial charge in [0, 0.05) is 22.3 Å². The molecular formula is C19H13ClFN3O. The molecule has 124 valence electrons. The Morgan fingerprint density at radius 1 is 1.00 bits per heavy atom. The van der Waals surface area contributed by atoms with E-state index < -0.39 is 5.82 Å². The molecule has 4 aromatic rings. The van der Waals surface area contributed by atoms with Crippen LogP contribution in [0.25, 0.3) is 28.2 Å². The van der Waals surface area contributed by atoms with Crippen LogP contribution in [0, 0.1) is 5.82 Å². The molecule has 0 saturated heterocycles. The van der Waals surface area contributed by atoms with Crippen LogP contribution in [0.3, 0.4) is 0 Å². The van der Waals surface area contributed by atoms with Crippen molar-refractivity contribution in [2.24, 2.45) is 0 Å². The van der Waals surface area contributed by atoms with Gasteiger partial charge in [-0.1, -0.05) is 35.9 Å². The minimum absolute atomic E-state index is 0.177. The van der Waals surface area contributed by atoms with Gasteiger partial charge in [0.05, 0.1) is 30.9 Å². The third-order valence-electron chi connectivity index (χ3n) is 4.00. The van der Waals surface area contributed by atoms with Crippen LogP contribution in [0.15, 0.2) is 61.1 Å². The van der Waals surface area contributed by atoms with Gasteiger partial charge in [0.2, 0.25) is 0 Å². The summed E-state index contributed by atoms with van der Waals surface area (Å²) >= 11 is 6.30.